The van der Waals surface area contributed by atoms with E-state index in [0.29, 0.717) is 21.7 Å². The quantitative estimate of drug-likeness (QED) is 0.300. The number of amides is 1. The molecule has 0 aliphatic carbocycles. The summed E-state index contributed by atoms with van der Waals surface area (Å²) in [6.07, 6.45) is 0. The fourth-order valence-corrected chi connectivity index (χ4v) is 4.94. The van der Waals surface area contributed by atoms with Crippen LogP contribution >= 0.6 is 23.4 Å². The zero-order valence-corrected chi connectivity index (χ0v) is 22.9. The van der Waals surface area contributed by atoms with Crippen LogP contribution in [0.1, 0.15) is 26.3 Å². The second-order valence-corrected chi connectivity index (χ2v) is 12.3. The summed E-state index contributed by atoms with van der Waals surface area (Å²) in [5, 5.41) is 17.8. The molecule has 1 heterocycles. The molecule has 1 aromatic heterocycles. The van der Waals surface area contributed by atoms with E-state index in [1.165, 1.54) is 41.6 Å². The Hall–Kier alpha value is -3.18. The van der Waals surface area contributed by atoms with Crippen molar-refractivity contribution in [2.75, 3.05) is 11.1 Å². The summed E-state index contributed by atoms with van der Waals surface area (Å²) < 4.78 is 24.7. The first-order valence-corrected chi connectivity index (χ1v) is 14.2. The van der Waals surface area contributed by atoms with Gasteiger partial charge < -0.3 is 5.32 Å². The third-order valence-corrected chi connectivity index (χ3v) is 7.64. The maximum atomic E-state index is 12.6. The van der Waals surface area contributed by atoms with Gasteiger partial charge in [-0.1, -0.05) is 68.4 Å². The van der Waals surface area contributed by atoms with Gasteiger partial charge in [0.05, 0.1) is 10.6 Å². The van der Waals surface area contributed by atoms with Crippen LogP contribution in [-0.2, 0) is 20.2 Å². The Morgan fingerprint density at radius 1 is 0.973 bits per heavy atom. The number of rotatable bonds is 7. The first kappa shape index (κ1) is 26.9. The van der Waals surface area contributed by atoms with Gasteiger partial charge in [-0.05, 0) is 59.5 Å². The average molecular weight is 556 g/mol. The predicted octanol–water partition coefficient (Wildman–Crippen LogP) is 5.26. The molecule has 1 amide bonds. The van der Waals surface area contributed by atoms with Gasteiger partial charge in [-0.3, -0.25) is 9.36 Å². The first-order valence-electron chi connectivity index (χ1n) is 11.3. The lowest BCUT2D eigenvalue weighted by Gasteiger charge is -2.19. The Kier molecular flexibility index (Phi) is 7.75. The lowest BCUT2D eigenvalue weighted by molar-refractivity contribution is -0.113. The van der Waals surface area contributed by atoms with E-state index in [-0.39, 0.29) is 22.0 Å². The Labute approximate surface area is 225 Å². The van der Waals surface area contributed by atoms with Crippen molar-refractivity contribution >= 4 is 45.0 Å². The number of hydrogen-bond acceptors (Lipinski definition) is 6. The van der Waals surface area contributed by atoms with E-state index in [4.69, 9.17) is 16.7 Å². The summed E-state index contributed by atoms with van der Waals surface area (Å²) >= 11 is 7.34. The molecule has 0 saturated carbocycles. The van der Waals surface area contributed by atoms with E-state index < -0.39 is 10.0 Å². The van der Waals surface area contributed by atoms with Crippen molar-refractivity contribution in [3.05, 3.63) is 83.4 Å². The summed E-state index contributed by atoms with van der Waals surface area (Å²) in [4.78, 5) is 12.6. The molecule has 4 rings (SSSR count). The Morgan fingerprint density at radius 3 is 2.16 bits per heavy atom. The van der Waals surface area contributed by atoms with Crippen LogP contribution in [0.3, 0.4) is 0 Å². The molecule has 8 nitrogen and oxygen atoms in total. The molecular formula is C26H26ClN5O3S2. The fraction of sp³-hybridized carbons (Fsp3) is 0.192. The maximum absolute atomic E-state index is 12.6. The van der Waals surface area contributed by atoms with Crippen LogP contribution in [-0.4, -0.2) is 34.8 Å². The van der Waals surface area contributed by atoms with E-state index in [1.54, 1.807) is 12.1 Å². The fourth-order valence-electron chi connectivity index (χ4n) is 3.55. The zero-order chi connectivity index (χ0) is 26.8. The van der Waals surface area contributed by atoms with Gasteiger partial charge in [-0.15, -0.1) is 10.2 Å². The third kappa shape index (κ3) is 6.58. The minimum Gasteiger partial charge on any atom is -0.325 e. The van der Waals surface area contributed by atoms with Crippen molar-refractivity contribution in [2.24, 2.45) is 5.14 Å². The van der Waals surface area contributed by atoms with E-state index in [1.807, 2.05) is 28.8 Å². The van der Waals surface area contributed by atoms with Crippen molar-refractivity contribution in [1.82, 2.24) is 14.8 Å². The van der Waals surface area contributed by atoms with Gasteiger partial charge in [0, 0.05) is 22.0 Å². The van der Waals surface area contributed by atoms with Gasteiger partial charge in [0.2, 0.25) is 15.9 Å². The highest BCUT2D eigenvalue weighted by Gasteiger charge is 2.19. The smallest absolute Gasteiger partial charge is 0.238 e. The highest BCUT2D eigenvalue weighted by molar-refractivity contribution is 7.99. The highest BCUT2D eigenvalue weighted by atomic mass is 35.5. The van der Waals surface area contributed by atoms with E-state index in [9.17, 15) is 13.2 Å². The second kappa shape index (κ2) is 10.7. The number of nitrogens with one attached hydrogen (secondary N) is 1. The molecule has 3 N–H and O–H groups in total. The molecule has 0 fully saturated rings. The van der Waals surface area contributed by atoms with Gasteiger partial charge in [0.15, 0.2) is 11.0 Å². The maximum Gasteiger partial charge on any atom is 0.238 e. The number of nitrogens with zero attached hydrogens (tertiary/aromatic N) is 3. The number of thioether (sulfide) groups is 1. The Bertz CT molecular complexity index is 1510. The van der Waals surface area contributed by atoms with Crippen LogP contribution in [0.5, 0.6) is 0 Å². The molecule has 0 aliphatic rings. The Morgan fingerprint density at radius 2 is 1.59 bits per heavy atom. The molecule has 0 radical (unpaired) electrons. The Balaban J connectivity index is 1.57. The van der Waals surface area contributed by atoms with E-state index >= 15 is 0 Å². The molecule has 0 unspecified atom stereocenters. The summed E-state index contributed by atoms with van der Waals surface area (Å²) in [6.45, 7) is 6.48. The third-order valence-electron chi connectivity index (χ3n) is 5.53. The molecule has 3 aromatic carbocycles. The second-order valence-electron chi connectivity index (χ2n) is 9.35. The number of hydrogen-bond donors (Lipinski definition) is 2. The molecule has 11 heteroatoms. The number of benzene rings is 3. The van der Waals surface area contributed by atoms with Gasteiger partial charge in [-0.2, -0.15) is 0 Å². The van der Waals surface area contributed by atoms with Crippen molar-refractivity contribution < 1.29 is 13.2 Å². The lowest BCUT2D eigenvalue weighted by atomic mass is 9.87. The topological polar surface area (TPSA) is 120 Å². The van der Waals surface area contributed by atoms with E-state index in [2.05, 4.69) is 48.4 Å². The summed E-state index contributed by atoms with van der Waals surface area (Å²) in [7, 11) is -3.80. The number of sulfonamides is 1. The van der Waals surface area contributed by atoms with Crippen molar-refractivity contribution in [2.45, 2.75) is 36.2 Å². The van der Waals surface area contributed by atoms with Gasteiger partial charge >= 0.3 is 0 Å². The van der Waals surface area contributed by atoms with Gasteiger partial charge in [-0.25, -0.2) is 13.6 Å². The van der Waals surface area contributed by atoms with E-state index in [0.717, 1.165) is 11.3 Å². The number of carbonyl (C=O) groups is 1. The highest BCUT2D eigenvalue weighted by Crippen LogP contribution is 2.30. The molecule has 37 heavy (non-hydrogen) atoms. The molecule has 0 spiro atoms. The number of carbonyl (C=O) groups excluding carboxylic acids is 1. The summed E-state index contributed by atoms with van der Waals surface area (Å²) in [5.74, 6) is 0.422. The van der Waals surface area contributed by atoms with Crippen LogP contribution < -0.4 is 10.5 Å². The lowest BCUT2D eigenvalue weighted by Crippen LogP contribution is -2.15. The predicted molar refractivity (Wildman–Crippen MR) is 148 cm³/mol. The van der Waals surface area contributed by atoms with Crippen molar-refractivity contribution in [3.8, 4) is 17.1 Å². The van der Waals surface area contributed by atoms with Crippen LogP contribution in [0.2, 0.25) is 5.02 Å². The van der Waals surface area contributed by atoms with Crippen LogP contribution in [0.15, 0.2) is 82.8 Å². The van der Waals surface area contributed by atoms with Crippen LogP contribution in [0.25, 0.3) is 17.1 Å². The number of halogens is 1. The molecular weight excluding hydrogens is 530 g/mol. The SMILES string of the molecule is CC(C)(C)c1ccc(-c2nnc(SCC(=O)Nc3ccc(S(N)(=O)=O)cc3)n2-c2ccc(Cl)cc2)cc1. The molecule has 0 aliphatic heterocycles. The molecule has 0 atom stereocenters. The monoisotopic (exact) mass is 555 g/mol. The molecule has 192 valence electrons. The van der Waals surface area contributed by atoms with Crippen molar-refractivity contribution in [3.63, 3.8) is 0 Å². The number of anilines is 1. The average Bonchev–Trinajstić information content (AvgIpc) is 3.26. The van der Waals surface area contributed by atoms with Gasteiger partial charge in [0.1, 0.15) is 0 Å². The number of primary sulfonamides is 1. The number of aromatic nitrogens is 3. The number of nitrogens with two attached hydrogens (primary N) is 1. The standard InChI is InChI=1S/C26H26ClN5O3S2/c1-26(2,3)18-6-4-17(5-7-18)24-30-31-25(32(24)21-12-8-19(27)9-13-21)36-16-23(33)29-20-10-14-22(15-11-20)37(28,34)35/h4-15H,16H2,1-3H3,(H,29,33)(H2,28,34,35). The van der Waals surface area contributed by atoms with Crippen LogP contribution in [0, 0.1) is 0 Å². The zero-order valence-electron chi connectivity index (χ0n) is 20.5. The molecule has 0 saturated heterocycles. The first-order chi connectivity index (χ1) is 17.4. The minimum atomic E-state index is -3.80. The van der Waals surface area contributed by atoms with Gasteiger partial charge in [0.25, 0.3) is 0 Å². The normalized spacial score (nSPS) is 11.9. The largest absolute Gasteiger partial charge is 0.325 e. The minimum absolute atomic E-state index is 0.0235. The molecule has 0 bridgehead atoms. The molecule has 4 aromatic rings. The summed E-state index contributed by atoms with van der Waals surface area (Å²) in [5.41, 5.74) is 3.39. The van der Waals surface area contributed by atoms with Crippen LogP contribution in [0.4, 0.5) is 5.69 Å². The van der Waals surface area contributed by atoms with Crippen molar-refractivity contribution in [1.29, 1.82) is 0 Å². The summed E-state index contributed by atoms with van der Waals surface area (Å²) in [6, 6.07) is 21.2.